The van der Waals surface area contributed by atoms with E-state index in [4.69, 9.17) is 22.6 Å². The molecule has 0 fully saturated rings. The van der Waals surface area contributed by atoms with E-state index in [0.717, 1.165) is 0 Å². The zero-order valence-electron chi connectivity index (χ0n) is 9.80. The summed E-state index contributed by atoms with van der Waals surface area (Å²) in [6, 6.07) is 8.21. The number of hydrogen-bond donors (Lipinski definition) is 2. The van der Waals surface area contributed by atoms with Crippen LogP contribution < -0.4 is 11.1 Å². The van der Waals surface area contributed by atoms with Crippen molar-refractivity contribution in [3.63, 3.8) is 0 Å². The molecule has 0 aliphatic rings. The molecule has 1 aromatic carbocycles. The molecule has 1 aromatic heterocycles. The Kier molecular flexibility index (Phi) is 3.68. The second-order valence-electron chi connectivity index (χ2n) is 3.79. The van der Waals surface area contributed by atoms with Gasteiger partial charge in [0.15, 0.2) is 0 Å². The quantitative estimate of drug-likeness (QED) is 0.889. The lowest BCUT2D eigenvalue weighted by atomic mass is 10.2. The predicted octanol–water partition coefficient (Wildman–Crippen LogP) is 1.63. The summed E-state index contributed by atoms with van der Waals surface area (Å²) in [5, 5.41) is 15.7. The molecule has 0 saturated carbocycles. The second-order valence-corrected chi connectivity index (χ2v) is 4.20. The van der Waals surface area contributed by atoms with Crippen molar-refractivity contribution < 1.29 is 4.79 Å². The number of aromatic nitrogens is 2. The number of nitrogens with two attached hydrogens (primary N) is 1. The number of amides is 1. The average Bonchev–Trinajstić information content (AvgIpc) is 2.77. The van der Waals surface area contributed by atoms with E-state index in [0.29, 0.717) is 22.1 Å². The summed E-state index contributed by atoms with van der Waals surface area (Å²) in [5.74, 6) is 0.0393. The molecule has 0 saturated heterocycles. The number of rotatable bonds is 3. The number of nitrogens with zero attached hydrogens (tertiary/aromatic N) is 3. The summed E-state index contributed by atoms with van der Waals surface area (Å²) in [5.41, 5.74) is 6.26. The molecule has 2 rings (SSSR count). The van der Waals surface area contributed by atoms with Gasteiger partial charge in [-0.2, -0.15) is 10.4 Å². The first-order valence-electron chi connectivity index (χ1n) is 5.37. The molecule has 7 heteroatoms. The van der Waals surface area contributed by atoms with Crippen molar-refractivity contribution in [3.8, 4) is 6.07 Å². The van der Waals surface area contributed by atoms with Gasteiger partial charge in [0.2, 0.25) is 5.91 Å². The molecular weight excluding hydrogens is 266 g/mol. The molecule has 96 valence electrons. The Morgan fingerprint density at radius 1 is 1.53 bits per heavy atom. The van der Waals surface area contributed by atoms with Gasteiger partial charge in [0.25, 0.3) is 0 Å². The smallest absolute Gasteiger partial charge is 0.246 e. The number of carbonyl (C=O) groups excluding carboxylic acids is 1. The van der Waals surface area contributed by atoms with Gasteiger partial charge in [-0.1, -0.05) is 11.6 Å². The van der Waals surface area contributed by atoms with Gasteiger partial charge in [0, 0.05) is 6.20 Å². The minimum absolute atomic E-state index is 0.0182. The van der Waals surface area contributed by atoms with E-state index >= 15 is 0 Å². The number of nitriles is 1. The number of halogens is 1. The van der Waals surface area contributed by atoms with Gasteiger partial charge >= 0.3 is 0 Å². The molecule has 0 atom stereocenters. The Morgan fingerprint density at radius 3 is 2.95 bits per heavy atom. The summed E-state index contributed by atoms with van der Waals surface area (Å²) in [7, 11) is 0. The van der Waals surface area contributed by atoms with Crippen LogP contribution in [0.15, 0.2) is 30.5 Å². The highest BCUT2D eigenvalue weighted by atomic mass is 35.5. The van der Waals surface area contributed by atoms with E-state index in [9.17, 15) is 4.79 Å². The van der Waals surface area contributed by atoms with Crippen molar-refractivity contribution >= 4 is 29.0 Å². The lowest BCUT2D eigenvalue weighted by Crippen LogP contribution is -2.19. The van der Waals surface area contributed by atoms with Gasteiger partial charge in [0.1, 0.15) is 12.4 Å². The van der Waals surface area contributed by atoms with Crippen LogP contribution in [0.1, 0.15) is 5.56 Å². The highest BCUT2D eigenvalue weighted by molar-refractivity contribution is 6.33. The molecule has 0 spiro atoms. The molecule has 0 aliphatic heterocycles. The molecule has 0 radical (unpaired) electrons. The van der Waals surface area contributed by atoms with E-state index in [2.05, 4.69) is 10.4 Å². The van der Waals surface area contributed by atoms with Crippen LogP contribution in [0.5, 0.6) is 0 Å². The first kappa shape index (κ1) is 12.9. The van der Waals surface area contributed by atoms with Crippen LogP contribution in [0.2, 0.25) is 5.02 Å². The van der Waals surface area contributed by atoms with Crippen molar-refractivity contribution in [2.75, 3.05) is 11.1 Å². The van der Waals surface area contributed by atoms with Gasteiger partial charge in [-0.25, -0.2) is 0 Å². The fraction of sp³-hybridized carbons (Fsp3) is 0.0833. The van der Waals surface area contributed by atoms with Crippen molar-refractivity contribution in [2.24, 2.45) is 0 Å². The minimum Gasteiger partial charge on any atom is -0.382 e. The summed E-state index contributed by atoms with van der Waals surface area (Å²) in [4.78, 5) is 11.8. The van der Waals surface area contributed by atoms with Crippen LogP contribution in [0, 0.1) is 11.3 Å². The Hall–Kier alpha value is -2.52. The molecule has 1 amide bonds. The molecule has 19 heavy (non-hydrogen) atoms. The van der Waals surface area contributed by atoms with Crippen LogP contribution in [-0.4, -0.2) is 15.7 Å². The van der Waals surface area contributed by atoms with Crippen molar-refractivity contribution in [3.05, 3.63) is 41.0 Å². The molecular formula is C12H10ClN5O. The number of nitrogens with one attached hydrogen (secondary N) is 1. The molecule has 0 aliphatic carbocycles. The highest BCUT2D eigenvalue weighted by Gasteiger charge is 2.08. The zero-order chi connectivity index (χ0) is 13.8. The van der Waals surface area contributed by atoms with Crippen LogP contribution in [-0.2, 0) is 11.3 Å². The van der Waals surface area contributed by atoms with E-state index < -0.39 is 0 Å². The van der Waals surface area contributed by atoms with Crippen LogP contribution in [0.4, 0.5) is 11.5 Å². The SMILES string of the molecule is N#Cc1ccc(Cl)c(NC(=O)Cn2ccc(N)n2)c1. The monoisotopic (exact) mass is 275 g/mol. The number of benzene rings is 1. The molecule has 2 aromatic rings. The average molecular weight is 276 g/mol. The third-order valence-electron chi connectivity index (χ3n) is 2.34. The fourth-order valence-corrected chi connectivity index (χ4v) is 1.66. The first-order chi connectivity index (χ1) is 9.08. The minimum atomic E-state index is -0.305. The van der Waals surface area contributed by atoms with Crippen molar-refractivity contribution in [1.29, 1.82) is 5.26 Å². The standard InChI is InChI=1S/C12H10ClN5O/c13-9-2-1-8(6-14)5-10(9)16-12(19)7-18-4-3-11(15)17-18/h1-5H,7H2,(H2,15,17)(H,16,19). The van der Waals surface area contributed by atoms with E-state index in [1.807, 2.05) is 6.07 Å². The van der Waals surface area contributed by atoms with Crippen molar-refractivity contribution in [1.82, 2.24) is 9.78 Å². The maximum absolute atomic E-state index is 11.8. The molecule has 0 bridgehead atoms. The van der Waals surface area contributed by atoms with E-state index in [1.165, 1.54) is 10.7 Å². The maximum atomic E-state index is 11.8. The normalized spacial score (nSPS) is 9.89. The number of anilines is 2. The van der Waals surface area contributed by atoms with Gasteiger partial charge in [-0.15, -0.1) is 0 Å². The number of carbonyl (C=O) groups is 1. The van der Waals surface area contributed by atoms with E-state index in [-0.39, 0.29) is 12.5 Å². The fourth-order valence-electron chi connectivity index (χ4n) is 1.49. The lowest BCUT2D eigenvalue weighted by molar-refractivity contribution is -0.116. The second kappa shape index (κ2) is 5.42. The van der Waals surface area contributed by atoms with Gasteiger partial charge in [-0.05, 0) is 24.3 Å². The molecule has 0 unspecified atom stereocenters. The van der Waals surface area contributed by atoms with Crippen LogP contribution in [0.25, 0.3) is 0 Å². The Bertz CT molecular complexity index is 658. The number of nitrogen functional groups attached to an aromatic ring is 1. The lowest BCUT2D eigenvalue weighted by Gasteiger charge is -2.07. The summed E-state index contributed by atoms with van der Waals surface area (Å²) in [6.45, 7) is 0.0182. The van der Waals surface area contributed by atoms with Crippen molar-refractivity contribution in [2.45, 2.75) is 6.54 Å². The van der Waals surface area contributed by atoms with Crippen LogP contribution in [0.3, 0.4) is 0 Å². The zero-order valence-corrected chi connectivity index (χ0v) is 10.6. The Balaban J connectivity index is 2.09. The van der Waals surface area contributed by atoms with Gasteiger partial charge < -0.3 is 11.1 Å². The predicted molar refractivity (Wildman–Crippen MR) is 71.4 cm³/mol. The highest BCUT2D eigenvalue weighted by Crippen LogP contribution is 2.22. The largest absolute Gasteiger partial charge is 0.382 e. The van der Waals surface area contributed by atoms with Gasteiger partial charge in [-0.3, -0.25) is 9.48 Å². The number of hydrogen-bond acceptors (Lipinski definition) is 4. The molecule has 3 N–H and O–H groups in total. The van der Waals surface area contributed by atoms with Gasteiger partial charge in [0.05, 0.1) is 22.3 Å². The summed E-state index contributed by atoms with van der Waals surface area (Å²) < 4.78 is 1.41. The third-order valence-corrected chi connectivity index (χ3v) is 2.67. The Morgan fingerprint density at radius 2 is 2.32 bits per heavy atom. The van der Waals surface area contributed by atoms with Crippen LogP contribution >= 0.6 is 11.6 Å². The first-order valence-corrected chi connectivity index (χ1v) is 5.74. The van der Waals surface area contributed by atoms with E-state index in [1.54, 1.807) is 24.4 Å². The topological polar surface area (TPSA) is 96.7 Å². The Labute approximate surface area is 114 Å². The third kappa shape index (κ3) is 3.24. The molecule has 6 nitrogen and oxygen atoms in total. The summed E-state index contributed by atoms with van der Waals surface area (Å²) >= 11 is 5.94. The molecule has 1 heterocycles. The summed E-state index contributed by atoms with van der Waals surface area (Å²) in [6.07, 6.45) is 1.60. The maximum Gasteiger partial charge on any atom is 0.246 e.